The summed E-state index contributed by atoms with van der Waals surface area (Å²) in [6.07, 6.45) is 3.52. The molecule has 0 spiro atoms. The number of ether oxygens (including phenoxy) is 1. The van der Waals surface area contributed by atoms with Crippen molar-refractivity contribution in [1.29, 1.82) is 0 Å². The van der Waals surface area contributed by atoms with Crippen molar-refractivity contribution < 1.29 is 18.3 Å². The van der Waals surface area contributed by atoms with Gasteiger partial charge in [-0.3, -0.25) is 4.79 Å². The third kappa shape index (κ3) is 5.99. The Labute approximate surface area is 118 Å². The topological polar surface area (TPSA) is 38.3 Å². The highest BCUT2D eigenvalue weighted by molar-refractivity contribution is 5.76. The Morgan fingerprint density at radius 3 is 2.45 bits per heavy atom. The lowest BCUT2D eigenvalue weighted by atomic mass is 10.1. The molecule has 0 fully saturated rings. The second-order valence-electron chi connectivity index (χ2n) is 4.69. The quantitative estimate of drug-likeness (QED) is 0.732. The largest absolute Gasteiger partial charge is 0.435 e. The van der Waals surface area contributed by atoms with Crippen LogP contribution in [0, 0.1) is 0 Å². The Morgan fingerprint density at radius 2 is 1.90 bits per heavy atom. The Kier molecular flexibility index (Phi) is 6.98. The van der Waals surface area contributed by atoms with Gasteiger partial charge in [-0.15, -0.1) is 0 Å². The van der Waals surface area contributed by atoms with E-state index >= 15 is 0 Å². The molecule has 1 aromatic carbocycles. The van der Waals surface area contributed by atoms with Crippen LogP contribution < -0.4 is 10.1 Å². The van der Waals surface area contributed by atoms with E-state index in [1.807, 2.05) is 6.92 Å². The Morgan fingerprint density at radius 1 is 1.25 bits per heavy atom. The molecule has 1 N–H and O–H groups in total. The first-order valence-corrected chi connectivity index (χ1v) is 6.87. The summed E-state index contributed by atoms with van der Waals surface area (Å²) in [5, 5.41) is 2.89. The van der Waals surface area contributed by atoms with Gasteiger partial charge in [-0.05, 0) is 31.0 Å². The van der Waals surface area contributed by atoms with Gasteiger partial charge in [-0.1, -0.05) is 31.9 Å². The van der Waals surface area contributed by atoms with E-state index in [2.05, 4.69) is 17.0 Å². The average Bonchev–Trinajstić information content (AvgIpc) is 2.39. The van der Waals surface area contributed by atoms with Crippen LogP contribution in [-0.4, -0.2) is 12.5 Å². The first kappa shape index (κ1) is 16.4. The summed E-state index contributed by atoms with van der Waals surface area (Å²) in [6, 6.07) is 6.15. The molecule has 1 unspecified atom stereocenters. The molecule has 0 aliphatic carbocycles. The molecule has 3 nitrogen and oxygen atoms in total. The summed E-state index contributed by atoms with van der Waals surface area (Å²) in [5.41, 5.74) is 0.857. The fraction of sp³-hybridized carbons (Fsp3) is 0.533. The fourth-order valence-corrected chi connectivity index (χ4v) is 1.87. The minimum atomic E-state index is -2.82. The maximum absolute atomic E-state index is 12.0. The van der Waals surface area contributed by atoms with Gasteiger partial charge < -0.3 is 10.1 Å². The van der Waals surface area contributed by atoms with Crippen LogP contribution in [0.1, 0.15) is 51.1 Å². The van der Waals surface area contributed by atoms with Crippen molar-refractivity contribution >= 4 is 5.91 Å². The van der Waals surface area contributed by atoms with Crippen molar-refractivity contribution in [3.05, 3.63) is 29.8 Å². The van der Waals surface area contributed by atoms with Gasteiger partial charge in [0.05, 0.1) is 6.04 Å². The first-order valence-electron chi connectivity index (χ1n) is 6.87. The lowest BCUT2D eigenvalue weighted by molar-refractivity contribution is -0.121. The molecule has 0 saturated heterocycles. The van der Waals surface area contributed by atoms with Crippen molar-refractivity contribution in [3.8, 4) is 5.75 Å². The van der Waals surface area contributed by atoms with E-state index in [0.717, 1.165) is 24.8 Å². The molecule has 0 saturated carbocycles. The summed E-state index contributed by atoms with van der Waals surface area (Å²) >= 11 is 0. The number of nitrogens with one attached hydrogen (secondary N) is 1. The Bertz CT molecular complexity index is 407. The van der Waals surface area contributed by atoms with Crippen LogP contribution in [-0.2, 0) is 4.79 Å². The number of amides is 1. The van der Waals surface area contributed by atoms with Gasteiger partial charge in [0.25, 0.3) is 0 Å². The monoisotopic (exact) mass is 285 g/mol. The Hall–Kier alpha value is -1.65. The highest BCUT2D eigenvalue weighted by atomic mass is 19.3. The smallest absolute Gasteiger partial charge is 0.387 e. The molecule has 1 rings (SSSR count). The molecule has 0 aliphatic heterocycles. The zero-order chi connectivity index (χ0) is 15.0. The molecule has 0 radical (unpaired) electrons. The molecule has 5 heteroatoms. The lowest BCUT2D eigenvalue weighted by Gasteiger charge is -2.15. The van der Waals surface area contributed by atoms with Gasteiger partial charge in [-0.25, -0.2) is 0 Å². The standard InChI is InChI=1S/C15H21F2NO2/c1-3-4-5-6-14(19)18-11(2)12-7-9-13(10-8-12)20-15(16)17/h7-11,15H,3-6H2,1-2H3,(H,18,19). The van der Waals surface area contributed by atoms with Gasteiger partial charge in [0.2, 0.25) is 5.91 Å². The van der Waals surface area contributed by atoms with E-state index in [0.29, 0.717) is 6.42 Å². The molecule has 20 heavy (non-hydrogen) atoms. The van der Waals surface area contributed by atoms with Gasteiger partial charge in [0.1, 0.15) is 5.75 Å². The van der Waals surface area contributed by atoms with Crippen LogP contribution in [0.15, 0.2) is 24.3 Å². The molecule has 0 aromatic heterocycles. The number of carbonyl (C=O) groups is 1. The lowest BCUT2D eigenvalue weighted by Crippen LogP contribution is -2.26. The number of carbonyl (C=O) groups excluding carboxylic acids is 1. The first-order chi connectivity index (χ1) is 9.52. The van der Waals surface area contributed by atoms with Gasteiger partial charge in [0, 0.05) is 6.42 Å². The number of unbranched alkanes of at least 4 members (excludes halogenated alkanes) is 2. The third-order valence-electron chi connectivity index (χ3n) is 2.99. The van der Waals surface area contributed by atoms with Crippen LogP contribution in [0.2, 0.25) is 0 Å². The fourth-order valence-electron chi connectivity index (χ4n) is 1.87. The van der Waals surface area contributed by atoms with E-state index in [1.54, 1.807) is 12.1 Å². The van der Waals surface area contributed by atoms with Crippen molar-refractivity contribution in [1.82, 2.24) is 5.32 Å². The molecule has 0 heterocycles. The van der Waals surface area contributed by atoms with E-state index < -0.39 is 6.61 Å². The van der Waals surface area contributed by atoms with Crippen molar-refractivity contribution in [2.45, 2.75) is 52.2 Å². The van der Waals surface area contributed by atoms with E-state index in [9.17, 15) is 13.6 Å². The second-order valence-corrected chi connectivity index (χ2v) is 4.69. The van der Waals surface area contributed by atoms with Gasteiger partial charge in [-0.2, -0.15) is 8.78 Å². The second kappa shape index (κ2) is 8.51. The number of halogens is 2. The van der Waals surface area contributed by atoms with E-state index in [1.165, 1.54) is 12.1 Å². The van der Waals surface area contributed by atoms with Crippen LogP contribution in [0.4, 0.5) is 8.78 Å². The molecule has 1 aromatic rings. The normalized spacial score (nSPS) is 12.2. The molecule has 0 bridgehead atoms. The van der Waals surface area contributed by atoms with Gasteiger partial charge in [0.15, 0.2) is 0 Å². The number of rotatable bonds is 8. The summed E-state index contributed by atoms with van der Waals surface area (Å²) in [4.78, 5) is 11.7. The number of benzene rings is 1. The number of alkyl halides is 2. The number of hydrogen-bond acceptors (Lipinski definition) is 2. The molecule has 1 amide bonds. The van der Waals surface area contributed by atoms with Crippen LogP contribution in [0.3, 0.4) is 0 Å². The van der Waals surface area contributed by atoms with Crippen molar-refractivity contribution in [3.63, 3.8) is 0 Å². The average molecular weight is 285 g/mol. The summed E-state index contributed by atoms with van der Waals surface area (Å²) < 4.78 is 28.3. The van der Waals surface area contributed by atoms with Crippen molar-refractivity contribution in [2.75, 3.05) is 0 Å². The van der Waals surface area contributed by atoms with Crippen LogP contribution in [0.25, 0.3) is 0 Å². The van der Waals surface area contributed by atoms with Crippen molar-refractivity contribution in [2.24, 2.45) is 0 Å². The summed E-state index contributed by atoms with van der Waals surface area (Å²) in [7, 11) is 0. The predicted octanol–water partition coefficient (Wildman–Crippen LogP) is 4.05. The molecular weight excluding hydrogens is 264 g/mol. The highest BCUT2D eigenvalue weighted by Gasteiger charge is 2.10. The predicted molar refractivity (Wildman–Crippen MR) is 73.8 cm³/mol. The molecular formula is C15H21F2NO2. The maximum atomic E-state index is 12.0. The third-order valence-corrected chi connectivity index (χ3v) is 2.99. The number of hydrogen-bond donors (Lipinski definition) is 1. The summed E-state index contributed by atoms with van der Waals surface area (Å²) in [5.74, 6) is 0.129. The molecule has 112 valence electrons. The molecule has 1 atom stereocenters. The molecule has 0 aliphatic rings. The summed E-state index contributed by atoms with van der Waals surface area (Å²) in [6.45, 7) is 1.13. The highest BCUT2D eigenvalue weighted by Crippen LogP contribution is 2.19. The zero-order valence-corrected chi connectivity index (χ0v) is 11.9. The van der Waals surface area contributed by atoms with E-state index in [-0.39, 0.29) is 17.7 Å². The van der Waals surface area contributed by atoms with Crippen LogP contribution >= 0.6 is 0 Å². The van der Waals surface area contributed by atoms with Crippen LogP contribution in [0.5, 0.6) is 5.75 Å². The Balaban J connectivity index is 2.46. The minimum absolute atomic E-state index is 0.0128. The van der Waals surface area contributed by atoms with E-state index in [4.69, 9.17) is 0 Å². The SMILES string of the molecule is CCCCCC(=O)NC(C)c1ccc(OC(F)F)cc1. The zero-order valence-electron chi connectivity index (χ0n) is 11.9. The van der Waals surface area contributed by atoms with Gasteiger partial charge >= 0.3 is 6.61 Å². The minimum Gasteiger partial charge on any atom is -0.435 e. The maximum Gasteiger partial charge on any atom is 0.387 e.